The van der Waals surface area contributed by atoms with Crippen LogP contribution in [0.2, 0.25) is 0 Å². The third-order valence-corrected chi connectivity index (χ3v) is 6.57. The van der Waals surface area contributed by atoms with Gasteiger partial charge in [0.15, 0.2) is 5.69 Å². The lowest BCUT2D eigenvalue weighted by Crippen LogP contribution is -2.26. The summed E-state index contributed by atoms with van der Waals surface area (Å²) in [5.74, 6) is -2.66. The van der Waals surface area contributed by atoms with E-state index in [9.17, 15) is 22.8 Å². The van der Waals surface area contributed by atoms with Crippen LogP contribution in [0.3, 0.4) is 0 Å². The number of alkyl halides is 4. The van der Waals surface area contributed by atoms with Gasteiger partial charge in [0.25, 0.3) is 0 Å². The molecule has 1 unspecified atom stereocenters. The third kappa shape index (κ3) is 5.13. The summed E-state index contributed by atoms with van der Waals surface area (Å²) in [5, 5.41) is 22.6. The quantitative estimate of drug-likeness (QED) is 0.378. The Hall–Kier alpha value is -4.06. The first kappa shape index (κ1) is 25.0. The molecule has 10 nitrogen and oxygen atoms in total. The number of fused-ring (bicyclic) bond motifs is 1. The van der Waals surface area contributed by atoms with E-state index in [-0.39, 0.29) is 12.0 Å². The van der Waals surface area contributed by atoms with Gasteiger partial charge < -0.3 is 15.0 Å². The van der Waals surface area contributed by atoms with Crippen LogP contribution >= 0.6 is 11.3 Å². The van der Waals surface area contributed by atoms with Crippen LogP contribution in [0.1, 0.15) is 18.2 Å². The average molecular weight is 522 g/mol. The van der Waals surface area contributed by atoms with Gasteiger partial charge in [0.2, 0.25) is 0 Å². The highest BCUT2D eigenvalue weighted by atomic mass is 32.1. The van der Waals surface area contributed by atoms with Gasteiger partial charge in [-0.25, -0.2) is 24.1 Å². The number of nitrogens with zero attached hydrogens (tertiary/aromatic N) is 7. The molecule has 0 aromatic carbocycles. The Bertz CT molecular complexity index is 1390. The number of carbonyl (C=O) groups is 1. The van der Waals surface area contributed by atoms with Gasteiger partial charge in [-0.05, 0) is 12.5 Å². The normalized spacial score (nSPS) is 16.4. The van der Waals surface area contributed by atoms with E-state index >= 15 is 0 Å². The summed E-state index contributed by atoms with van der Waals surface area (Å²) >= 11 is 1.45. The van der Waals surface area contributed by atoms with E-state index in [1.165, 1.54) is 17.7 Å². The second-order valence-corrected chi connectivity index (χ2v) is 8.64. The smallest absolute Gasteiger partial charge is 0.475 e. The Morgan fingerprint density at radius 1 is 1.36 bits per heavy atom. The van der Waals surface area contributed by atoms with E-state index in [1.54, 1.807) is 16.4 Å². The summed E-state index contributed by atoms with van der Waals surface area (Å²) in [5.41, 5.74) is 4.48. The van der Waals surface area contributed by atoms with Crippen LogP contribution in [0.25, 0.3) is 22.3 Å². The van der Waals surface area contributed by atoms with Gasteiger partial charge >= 0.3 is 12.1 Å². The zero-order valence-corrected chi connectivity index (χ0v) is 19.2. The van der Waals surface area contributed by atoms with E-state index in [4.69, 9.17) is 9.90 Å². The molecule has 5 rings (SSSR count). The number of hydrogen-bond donors (Lipinski definition) is 2. The van der Waals surface area contributed by atoms with Crippen LogP contribution < -0.4 is 4.90 Å². The number of carboxylic acids is 1. The fourth-order valence-corrected chi connectivity index (χ4v) is 4.77. The fraction of sp³-hybridized carbons (Fsp3) is 0.333. The number of H-pyrrole nitrogens is 1. The summed E-state index contributed by atoms with van der Waals surface area (Å²) in [6.45, 7) is 0.953. The summed E-state index contributed by atoms with van der Waals surface area (Å²) in [7, 11) is 0. The minimum Gasteiger partial charge on any atom is -0.475 e. The van der Waals surface area contributed by atoms with Gasteiger partial charge in [0, 0.05) is 42.4 Å². The second kappa shape index (κ2) is 10.3. The standard InChI is InChI=1S/C19H17FN8S.C2HF3O2/c20-5-16(12-2-4-27(8-12)19-15(6-21)25-11-29-19)28-9-13(7-26-28)17-14-1-3-22-18(14)24-10-23-17;3-2(4,5)1(6)7/h1,3,7,9-12,16H,2,4-5,8H2,(H,22,23,24);(H,6,7)/t12-,16?;/m0./s1. The van der Waals surface area contributed by atoms with Crippen LogP contribution in [-0.4, -0.2) is 66.7 Å². The molecule has 0 radical (unpaired) electrons. The van der Waals surface area contributed by atoms with Gasteiger partial charge in [-0.15, -0.1) is 11.3 Å². The number of anilines is 1. The summed E-state index contributed by atoms with van der Waals surface area (Å²) in [6.07, 6.45) is 2.66. The lowest BCUT2D eigenvalue weighted by molar-refractivity contribution is -0.192. The Balaban J connectivity index is 0.000000384. The summed E-state index contributed by atoms with van der Waals surface area (Å²) in [4.78, 5) is 26.8. The van der Waals surface area contributed by atoms with Gasteiger partial charge in [-0.3, -0.25) is 4.68 Å². The molecule has 0 bridgehead atoms. The molecule has 15 heteroatoms. The lowest BCUT2D eigenvalue weighted by atomic mass is 10.0. The van der Waals surface area contributed by atoms with Crippen molar-refractivity contribution in [2.45, 2.75) is 18.6 Å². The minimum atomic E-state index is -5.08. The van der Waals surface area contributed by atoms with E-state index in [1.807, 2.05) is 18.5 Å². The van der Waals surface area contributed by atoms with Gasteiger partial charge in [-0.1, -0.05) is 0 Å². The average Bonchev–Trinajstić information content (AvgIpc) is 3.65. The van der Waals surface area contributed by atoms with E-state index < -0.39 is 18.8 Å². The number of thiazole rings is 1. The number of hydrogen-bond acceptors (Lipinski definition) is 8. The fourth-order valence-electron chi connectivity index (χ4n) is 3.98. The number of nitrogens with one attached hydrogen (secondary N) is 1. The van der Waals surface area contributed by atoms with Crippen molar-refractivity contribution in [2.24, 2.45) is 5.92 Å². The van der Waals surface area contributed by atoms with Crippen molar-refractivity contribution < 1.29 is 27.5 Å². The molecule has 1 saturated heterocycles. The Labute approximate surface area is 204 Å². The molecule has 0 aliphatic carbocycles. The molecule has 4 aromatic heterocycles. The Morgan fingerprint density at radius 3 is 2.83 bits per heavy atom. The number of carboxylic acid groups (broad SMARTS) is 1. The first-order valence-corrected chi connectivity index (χ1v) is 11.4. The molecule has 1 aliphatic heterocycles. The third-order valence-electron chi connectivity index (χ3n) is 5.68. The largest absolute Gasteiger partial charge is 0.490 e. The maximum atomic E-state index is 14.1. The van der Waals surface area contributed by atoms with Gasteiger partial charge in [0.05, 0.1) is 23.4 Å². The molecule has 0 amide bonds. The van der Waals surface area contributed by atoms with Crippen LogP contribution in [-0.2, 0) is 4.79 Å². The van der Waals surface area contributed by atoms with Crippen LogP contribution in [0.5, 0.6) is 0 Å². The zero-order chi connectivity index (χ0) is 25.9. The highest BCUT2D eigenvalue weighted by Gasteiger charge is 2.38. The number of aliphatic carboxylic acids is 1. The summed E-state index contributed by atoms with van der Waals surface area (Å²) < 4.78 is 47.5. The minimum absolute atomic E-state index is 0.0964. The molecule has 0 saturated carbocycles. The molecule has 4 aromatic rings. The van der Waals surface area contributed by atoms with Crippen molar-refractivity contribution >= 4 is 33.3 Å². The number of halogens is 4. The van der Waals surface area contributed by atoms with Gasteiger partial charge in [0.1, 0.15) is 29.7 Å². The summed E-state index contributed by atoms with van der Waals surface area (Å²) in [6, 6.07) is 3.68. The molecule has 188 valence electrons. The SMILES string of the molecule is N#Cc1ncsc1N1CC[C@H](C(CF)n2cc(-c3ncnc4[nH]ccc34)cn2)C1.O=C(O)C(F)(F)F. The van der Waals surface area contributed by atoms with Crippen molar-refractivity contribution in [1.29, 1.82) is 5.26 Å². The maximum absolute atomic E-state index is 14.1. The molecular formula is C21H18F4N8O2S. The van der Waals surface area contributed by atoms with Crippen molar-refractivity contribution in [1.82, 2.24) is 29.7 Å². The van der Waals surface area contributed by atoms with E-state index in [0.717, 1.165) is 40.3 Å². The zero-order valence-electron chi connectivity index (χ0n) is 18.4. The van der Waals surface area contributed by atoms with Crippen molar-refractivity contribution in [3.05, 3.63) is 42.2 Å². The first-order chi connectivity index (χ1) is 17.2. The highest BCUT2D eigenvalue weighted by Crippen LogP contribution is 2.35. The molecule has 2 N–H and O–H groups in total. The number of aromatic nitrogens is 6. The van der Waals surface area contributed by atoms with Crippen molar-refractivity contribution in [3.8, 4) is 17.3 Å². The number of aromatic amines is 1. The Kier molecular flexibility index (Phi) is 7.15. The molecule has 0 spiro atoms. The molecular weight excluding hydrogens is 504 g/mol. The molecule has 2 atom stereocenters. The van der Waals surface area contributed by atoms with Crippen molar-refractivity contribution in [2.75, 3.05) is 24.7 Å². The maximum Gasteiger partial charge on any atom is 0.490 e. The molecule has 1 fully saturated rings. The predicted molar refractivity (Wildman–Crippen MR) is 121 cm³/mol. The monoisotopic (exact) mass is 522 g/mol. The molecule has 5 heterocycles. The predicted octanol–water partition coefficient (Wildman–Crippen LogP) is 3.82. The van der Waals surface area contributed by atoms with E-state index in [0.29, 0.717) is 12.2 Å². The van der Waals surface area contributed by atoms with Crippen LogP contribution in [0.15, 0.2) is 36.5 Å². The first-order valence-electron chi connectivity index (χ1n) is 10.5. The molecule has 1 aliphatic rings. The lowest BCUT2D eigenvalue weighted by Gasteiger charge is -2.22. The van der Waals surface area contributed by atoms with E-state index in [2.05, 4.69) is 36.0 Å². The molecule has 36 heavy (non-hydrogen) atoms. The van der Waals surface area contributed by atoms with Crippen LogP contribution in [0, 0.1) is 17.2 Å². The number of nitriles is 1. The second-order valence-electron chi connectivity index (χ2n) is 7.81. The highest BCUT2D eigenvalue weighted by molar-refractivity contribution is 7.14. The topological polar surface area (TPSA) is 137 Å². The number of rotatable bonds is 5. The van der Waals surface area contributed by atoms with Gasteiger partial charge in [-0.2, -0.15) is 23.5 Å². The Morgan fingerprint density at radius 2 is 2.14 bits per heavy atom. The van der Waals surface area contributed by atoms with Crippen molar-refractivity contribution in [3.63, 3.8) is 0 Å². The van der Waals surface area contributed by atoms with Crippen LogP contribution in [0.4, 0.5) is 22.6 Å².